The van der Waals surface area contributed by atoms with Crippen molar-refractivity contribution >= 4 is 22.9 Å². The van der Waals surface area contributed by atoms with Crippen LogP contribution in [-0.2, 0) is 0 Å². The molecule has 0 saturated heterocycles. The summed E-state index contributed by atoms with van der Waals surface area (Å²) >= 11 is 0. The summed E-state index contributed by atoms with van der Waals surface area (Å²) in [5.41, 5.74) is 0.963. The Bertz CT molecular complexity index is 1020. The molecule has 0 aromatic heterocycles. The van der Waals surface area contributed by atoms with Crippen molar-refractivity contribution in [3.63, 3.8) is 0 Å². The maximum atomic E-state index is 13.5. The van der Waals surface area contributed by atoms with Crippen LogP contribution in [0.4, 0.5) is 11.4 Å². The third kappa shape index (κ3) is 5.11. The van der Waals surface area contributed by atoms with Gasteiger partial charge in [-0.15, -0.1) is 0 Å². The van der Waals surface area contributed by atoms with Crippen molar-refractivity contribution in [1.82, 2.24) is 10.2 Å². The molecule has 0 aliphatic heterocycles. The maximum Gasteiger partial charge on any atom is 0.200 e. The zero-order valence-electron chi connectivity index (χ0n) is 19.1. The van der Waals surface area contributed by atoms with Gasteiger partial charge in [-0.3, -0.25) is 9.59 Å². The molecule has 0 unspecified atom stereocenters. The normalized spacial score (nSPS) is 12.6. The van der Waals surface area contributed by atoms with Crippen molar-refractivity contribution in [2.24, 2.45) is 0 Å². The molecule has 0 radical (unpaired) electrons. The van der Waals surface area contributed by atoms with Gasteiger partial charge in [0.25, 0.3) is 0 Å². The molecule has 178 valence electrons. The number of ketones is 2. The van der Waals surface area contributed by atoms with Crippen LogP contribution in [0.15, 0.2) is 24.3 Å². The van der Waals surface area contributed by atoms with Gasteiger partial charge in [0.15, 0.2) is 0 Å². The fourth-order valence-electron chi connectivity index (χ4n) is 4.04. The highest BCUT2D eigenvalue weighted by Gasteiger charge is 2.37. The number of rotatable bonds is 12. The number of phenols is 2. The quantitative estimate of drug-likeness (QED) is 0.178. The van der Waals surface area contributed by atoms with E-state index in [-0.39, 0.29) is 40.4 Å². The average molecular weight is 457 g/mol. The third-order valence-corrected chi connectivity index (χ3v) is 5.82. The number of nitrogens with zero attached hydrogens (tertiary/aromatic N) is 1. The van der Waals surface area contributed by atoms with Crippen molar-refractivity contribution in [1.29, 1.82) is 0 Å². The lowest BCUT2D eigenvalue weighted by Gasteiger charge is -2.25. The third-order valence-electron chi connectivity index (χ3n) is 5.82. The van der Waals surface area contributed by atoms with Crippen LogP contribution in [0.1, 0.15) is 45.7 Å². The molecule has 9 heteroatoms. The minimum absolute atomic E-state index is 0.0236. The Kier molecular flexibility index (Phi) is 8.26. The van der Waals surface area contributed by atoms with E-state index in [0.717, 1.165) is 19.6 Å². The number of hydrogen-bond acceptors (Lipinski definition) is 9. The molecule has 0 saturated carbocycles. The number of anilines is 2. The molecule has 33 heavy (non-hydrogen) atoms. The number of nitrogens with one attached hydrogen (secondary N) is 3. The fraction of sp³-hybridized carbons (Fsp3) is 0.417. The van der Waals surface area contributed by atoms with E-state index in [4.69, 9.17) is 5.11 Å². The first-order valence-corrected chi connectivity index (χ1v) is 11.3. The first kappa shape index (κ1) is 24.5. The molecule has 0 amide bonds. The number of benzene rings is 2. The van der Waals surface area contributed by atoms with Crippen LogP contribution in [0.25, 0.3) is 0 Å². The summed E-state index contributed by atoms with van der Waals surface area (Å²) in [6.07, 6.45) is 0. The number of carbonyl (C=O) groups is 2. The minimum Gasteiger partial charge on any atom is -0.507 e. The lowest BCUT2D eigenvalue weighted by molar-refractivity contribution is 0.0975. The first-order chi connectivity index (χ1) is 15.9. The van der Waals surface area contributed by atoms with Crippen LogP contribution in [0.2, 0.25) is 0 Å². The molecule has 1 aliphatic rings. The number of carbonyl (C=O) groups excluding carboxylic acids is 2. The van der Waals surface area contributed by atoms with Crippen LogP contribution < -0.4 is 16.0 Å². The predicted molar refractivity (Wildman–Crippen MR) is 128 cm³/mol. The number of fused-ring (bicyclic) bond motifs is 2. The summed E-state index contributed by atoms with van der Waals surface area (Å²) in [7, 11) is 0. The molecular formula is C24H32N4O5. The van der Waals surface area contributed by atoms with Gasteiger partial charge in [0.2, 0.25) is 11.6 Å². The van der Waals surface area contributed by atoms with Crippen molar-refractivity contribution in [2.75, 3.05) is 63.1 Å². The van der Waals surface area contributed by atoms with Crippen molar-refractivity contribution in [2.45, 2.75) is 13.8 Å². The van der Waals surface area contributed by atoms with Gasteiger partial charge in [0, 0.05) is 44.1 Å². The van der Waals surface area contributed by atoms with Crippen LogP contribution in [-0.4, -0.2) is 84.2 Å². The van der Waals surface area contributed by atoms with Crippen LogP contribution in [0, 0.1) is 0 Å². The second-order valence-electron chi connectivity index (χ2n) is 7.78. The maximum absolute atomic E-state index is 13.5. The van der Waals surface area contributed by atoms with Crippen LogP contribution >= 0.6 is 0 Å². The zero-order chi connectivity index (χ0) is 24.0. The Morgan fingerprint density at radius 3 is 1.73 bits per heavy atom. The highest BCUT2D eigenvalue weighted by atomic mass is 16.3. The van der Waals surface area contributed by atoms with Gasteiger partial charge in [-0.05, 0) is 37.4 Å². The van der Waals surface area contributed by atoms with E-state index >= 15 is 0 Å². The average Bonchev–Trinajstić information content (AvgIpc) is 2.81. The topological polar surface area (TPSA) is 134 Å². The summed E-state index contributed by atoms with van der Waals surface area (Å²) in [6, 6.07) is 5.91. The van der Waals surface area contributed by atoms with E-state index in [1.54, 1.807) is 12.1 Å². The summed E-state index contributed by atoms with van der Waals surface area (Å²) in [5.74, 6) is -1.72. The lowest BCUT2D eigenvalue weighted by Crippen LogP contribution is -2.30. The SMILES string of the molecule is CCN(CC)CCNc1ccc(NCCNCCO)c2c1C(=O)c1c(O)ccc(O)c1C2=O. The monoisotopic (exact) mass is 456 g/mol. The van der Waals surface area contributed by atoms with Crippen molar-refractivity contribution < 1.29 is 24.9 Å². The van der Waals surface area contributed by atoms with Gasteiger partial charge in [0.1, 0.15) is 11.5 Å². The Balaban J connectivity index is 1.99. The molecule has 0 atom stereocenters. The summed E-state index contributed by atoms with van der Waals surface area (Å²) < 4.78 is 0. The van der Waals surface area contributed by atoms with E-state index in [0.29, 0.717) is 37.6 Å². The van der Waals surface area contributed by atoms with Crippen LogP contribution in [0.3, 0.4) is 0 Å². The molecule has 2 aromatic rings. The minimum atomic E-state index is -0.522. The van der Waals surface area contributed by atoms with Crippen LogP contribution in [0.5, 0.6) is 11.5 Å². The Morgan fingerprint density at radius 2 is 1.24 bits per heavy atom. The predicted octanol–water partition coefficient (Wildman–Crippen LogP) is 1.62. The molecule has 1 aliphatic carbocycles. The number of phenolic OH excluding ortho intramolecular Hbond substituents is 2. The highest BCUT2D eigenvalue weighted by Crippen LogP contribution is 2.42. The van der Waals surface area contributed by atoms with Gasteiger partial charge in [-0.2, -0.15) is 0 Å². The van der Waals surface area contributed by atoms with Gasteiger partial charge in [-0.25, -0.2) is 0 Å². The standard InChI is InChI=1S/C24H32N4O5/c1-3-28(4-2)13-11-27-16-6-5-15(26-10-9-25-12-14-29)19-20(16)24(33)22-18(31)8-7-17(30)21(22)23(19)32/h5-8,25-27,29-31H,3-4,9-14H2,1-2H3. The van der Waals surface area contributed by atoms with E-state index in [2.05, 4.69) is 34.7 Å². The number of hydrogen-bond donors (Lipinski definition) is 6. The lowest BCUT2D eigenvalue weighted by atomic mass is 9.81. The van der Waals surface area contributed by atoms with E-state index in [1.165, 1.54) is 12.1 Å². The van der Waals surface area contributed by atoms with Crippen molar-refractivity contribution in [3.8, 4) is 11.5 Å². The second-order valence-corrected chi connectivity index (χ2v) is 7.78. The highest BCUT2D eigenvalue weighted by molar-refractivity contribution is 6.33. The number of likely N-dealkylation sites (N-methyl/N-ethyl adjacent to an activating group) is 1. The Morgan fingerprint density at radius 1 is 0.727 bits per heavy atom. The molecule has 0 heterocycles. The van der Waals surface area contributed by atoms with E-state index in [9.17, 15) is 19.8 Å². The second kappa shape index (κ2) is 11.1. The largest absolute Gasteiger partial charge is 0.507 e. The molecule has 0 spiro atoms. The number of aliphatic hydroxyl groups excluding tert-OH is 1. The van der Waals surface area contributed by atoms with Crippen molar-refractivity contribution in [3.05, 3.63) is 46.5 Å². The molecule has 0 bridgehead atoms. The Labute approximate surface area is 193 Å². The van der Waals surface area contributed by atoms with Gasteiger partial charge in [0.05, 0.1) is 28.9 Å². The molecular weight excluding hydrogens is 424 g/mol. The Hall–Kier alpha value is -3.14. The molecule has 6 N–H and O–H groups in total. The fourth-order valence-corrected chi connectivity index (χ4v) is 4.04. The van der Waals surface area contributed by atoms with E-state index < -0.39 is 11.6 Å². The smallest absolute Gasteiger partial charge is 0.200 e. The number of aliphatic hydroxyl groups is 1. The number of aromatic hydroxyl groups is 2. The summed E-state index contributed by atoms with van der Waals surface area (Å²) in [4.78, 5) is 29.2. The first-order valence-electron chi connectivity index (χ1n) is 11.3. The van der Waals surface area contributed by atoms with Gasteiger partial charge < -0.3 is 36.2 Å². The molecule has 2 aromatic carbocycles. The molecule has 9 nitrogen and oxygen atoms in total. The van der Waals surface area contributed by atoms with Gasteiger partial charge >= 0.3 is 0 Å². The van der Waals surface area contributed by atoms with Gasteiger partial charge in [-0.1, -0.05) is 13.8 Å². The zero-order valence-corrected chi connectivity index (χ0v) is 19.1. The summed E-state index contributed by atoms with van der Waals surface area (Å²) in [6.45, 7) is 8.79. The summed E-state index contributed by atoms with van der Waals surface area (Å²) in [5, 5.41) is 39.0. The van der Waals surface area contributed by atoms with E-state index in [1.807, 2.05) is 0 Å². The molecule has 3 rings (SSSR count). The molecule has 0 fully saturated rings.